The molecule has 2 amide bonds. The fourth-order valence-electron chi connectivity index (χ4n) is 7.44. The maximum Gasteiger partial charge on any atom is 0.309 e. The maximum atomic E-state index is 14.1. The lowest BCUT2D eigenvalue weighted by Crippen LogP contribution is -2.54. The first-order valence-electron chi connectivity index (χ1n) is 18.6. The van der Waals surface area contributed by atoms with E-state index in [0.29, 0.717) is 25.8 Å². The molecular weight excluding hydrogens is 652 g/mol. The van der Waals surface area contributed by atoms with Crippen LogP contribution in [-0.2, 0) is 38.2 Å². The van der Waals surface area contributed by atoms with Crippen LogP contribution in [0.1, 0.15) is 99.8 Å². The number of amides is 2. The summed E-state index contributed by atoms with van der Waals surface area (Å²) in [7, 11) is 7.92. The average Bonchev–Trinajstić information content (AvgIpc) is 3.81. The average molecular weight is 719 g/mol. The van der Waals surface area contributed by atoms with Crippen LogP contribution in [0.15, 0.2) is 16.8 Å². The molecule has 0 aliphatic carbocycles. The molecule has 0 aromatic heterocycles. The number of hydrogen-bond donors (Lipinski definition) is 1. The van der Waals surface area contributed by atoms with Crippen LogP contribution in [0.3, 0.4) is 0 Å². The topological polar surface area (TPSA) is 144 Å². The van der Waals surface area contributed by atoms with E-state index in [4.69, 9.17) is 14.2 Å². The highest BCUT2D eigenvalue weighted by Crippen LogP contribution is 2.32. The summed E-state index contributed by atoms with van der Waals surface area (Å²) in [6, 6.07) is -0.759. The summed E-state index contributed by atoms with van der Waals surface area (Å²) >= 11 is 0. The number of nitrogens with zero attached hydrogens (tertiary/aromatic N) is 3. The minimum atomic E-state index is -0.760. The lowest BCUT2D eigenvalue weighted by Gasteiger charge is -2.41. The van der Waals surface area contributed by atoms with E-state index >= 15 is 0 Å². The van der Waals surface area contributed by atoms with Crippen molar-refractivity contribution in [3.05, 3.63) is 11.8 Å². The predicted octanol–water partition coefficient (Wildman–Crippen LogP) is 4.63. The minimum Gasteiger partial charge on any atom is -0.469 e. The summed E-state index contributed by atoms with van der Waals surface area (Å²) in [6.45, 7) is 13.9. The standard InChI is InChI=1S/C39H66N4O8/c1-13-25(4)35(42(9)37(47)29(24(2)3)22-33(45)39(6,7)40-8)32(49-10)23-34(46)43-19-15-17-30(43)36(50-11)26(5)31(44)21-27(38(48)51-12)20-28-16-14-18-41-28/h16,18,24-27,29-30,32,35-36,40H,13-15,17,19-23H2,1-12H3. The lowest BCUT2D eigenvalue weighted by molar-refractivity contribution is -0.150. The van der Waals surface area contributed by atoms with Crippen LogP contribution in [-0.4, -0.2) is 117 Å². The molecule has 1 saturated heterocycles. The monoisotopic (exact) mass is 718 g/mol. The Bertz CT molecular complexity index is 1260. The van der Waals surface area contributed by atoms with Crippen molar-refractivity contribution in [2.75, 3.05) is 42.0 Å². The maximum absolute atomic E-state index is 14.1. The van der Waals surface area contributed by atoms with Crippen molar-refractivity contribution in [1.82, 2.24) is 15.1 Å². The fourth-order valence-corrected chi connectivity index (χ4v) is 7.44. The van der Waals surface area contributed by atoms with Gasteiger partial charge in [-0.15, -0.1) is 0 Å². The molecule has 0 spiro atoms. The van der Waals surface area contributed by atoms with Crippen molar-refractivity contribution in [3.63, 3.8) is 0 Å². The van der Waals surface area contributed by atoms with Gasteiger partial charge in [0, 0.05) is 77.2 Å². The van der Waals surface area contributed by atoms with Gasteiger partial charge in [0.05, 0.1) is 49.3 Å². The molecule has 0 bridgehead atoms. The number of allylic oxidation sites excluding steroid dienone is 2. The number of esters is 1. The van der Waals surface area contributed by atoms with E-state index in [0.717, 1.165) is 18.5 Å². The number of aliphatic imine (C=N–C) groups is 1. The number of rotatable bonds is 22. The van der Waals surface area contributed by atoms with Crippen LogP contribution < -0.4 is 5.32 Å². The van der Waals surface area contributed by atoms with Crippen LogP contribution in [0.2, 0.25) is 0 Å². The molecule has 8 atom stereocenters. The number of ketones is 2. The SMILES string of the molecule is CCC(C)C(C(CC(=O)N1CCCC1C(OC)C(C)C(=O)CC(CC1=CCC=N1)C(=O)OC)OC)N(C)C(=O)C(CC(=O)C(C)(C)NC)C(C)C. The zero-order valence-electron chi connectivity index (χ0n) is 33.3. The Morgan fingerprint density at radius 1 is 1.04 bits per heavy atom. The fraction of sp³-hybridized carbons (Fsp3) is 0.795. The first-order valence-corrected chi connectivity index (χ1v) is 18.6. The number of ether oxygens (including phenoxy) is 3. The number of methoxy groups -OCH3 is 3. The molecule has 12 heteroatoms. The zero-order chi connectivity index (χ0) is 38.6. The number of likely N-dealkylation sites (tertiary alicyclic amines) is 1. The van der Waals surface area contributed by atoms with Crippen molar-refractivity contribution in [2.24, 2.45) is 34.6 Å². The predicted molar refractivity (Wildman–Crippen MR) is 198 cm³/mol. The molecule has 8 unspecified atom stereocenters. The van der Waals surface area contributed by atoms with E-state index in [1.165, 1.54) is 7.11 Å². The summed E-state index contributed by atoms with van der Waals surface area (Å²) < 4.78 is 17.0. The molecule has 0 aromatic carbocycles. The number of likely N-dealkylation sites (N-methyl/N-ethyl adjacent to an activating group) is 2. The van der Waals surface area contributed by atoms with Gasteiger partial charge in [0.1, 0.15) is 5.78 Å². The van der Waals surface area contributed by atoms with Crippen molar-refractivity contribution in [3.8, 4) is 0 Å². The van der Waals surface area contributed by atoms with Crippen LogP contribution in [0.25, 0.3) is 0 Å². The molecule has 1 N–H and O–H groups in total. The normalized spacial score (nSPS) is 20.3. The molecule has 0 aromatic rings. The van der Waals surface area contributed by atoms with Gasteiger partial charge >= 0.3 is 5.97 Å². The van der Waals surface area contributed by atoms with Crippen molar-refractivity contribution in [1.29, 1.82) is 0 Å². The molecule has 290 valence electrons. The first-order chi connectivity index (χ1) is 24.0. The summed E-state index contributed by atoms with van der Waals surface area (Å²) in [6.07, 6.45) is 5.86. The van der Waals surface area contributed by atoms with E-state index in [1.54, 1.807) is 51.3 Å². The molecule has 2 aliphatic heterocycles. The minimum absolute atomic E-state index is 0.00106. The second-order valence-corrected chi connectivity index (χ2v) is 15.3. The van der Waals surface area contributed by atoms with Gasteiger partial charge in [0.2, 0.25) is 11.8 Å². The van der Waals surface area contributed by atoms with E-state index in [-0.39, 0.29) is 60.5 Å². The zero-order valence-corrected chi connectivity index (χ0v) is 33.3. The van der Waals surface area contributed by atoms with Gasteiger partial charge in [-0.1, -0.05) is 47.1 Å². The number of carbonyl (C=O) groups is 5. The number of Topliss-reactive ketones (excluding diaryl/α,β-unsaturated/α-hetero) is 2. The molecule has 51 heavy (non-hydrogen) atoms. The smallest absolute Gasteiger partial charge is 0.309 e. The van der Waals surface area contributed by atoms with Gasteiger partial charge in [0.25, 0.3) is 0 Å². The number of carbonyl (C=O) groups excluding carboxylic acids is 5. The summed E-state index contributed by atoms with van der Waals surface area (Å²) in [4.78, 5) is 75.5. The molecule has 0 radical (unpaired) electrons. The highest BCUT2D eigenvalue weighted by atomic mass is 16.5. The van der Waals surface area contributed by atoms with E-state index in [1.807, 2.05) is 40.7 Å². The third-order valence-electron chi connectivity index (χ3n) is 11.4. The van der Waals surface area contributed by atoms with Gasteiger partial charge in [-0.05, 0) is 45.6 Å². The van der Waals surface area contributed by atoms with Crippen molar-refractivity contribution < 1.29 is 38.2 Å². The van der Waals surface area contributed by atoms with E-state index < -0.39 is 47.5 Å². The summed E-state index contributed by atoms with van der Waals surface area (Å²) in [5.41, 5.74) is 0.00656. The molecule has 1 fully saturated rings. The van der Waals surface area contributed by atoms with Gasteiger partial charge in [-0.2, -0.15) is 0 Å². The van der Waals surface area contributed by atoms with Crippen LogP contribution >= 0.6 is 0 Å². The van der Waals surface area contributed by atoms with Gasteiger partial charge in [-0.3, -0.25) is 29.0 Å². The van der Waals surface area contributed by atoms with Gasteiger partial charge in [-0.25, -0.2) is 0 Å². The highest BCUT2D eigenvalue weighted by molar-refractivity contribution is 5.92. The molecule has 0 saturated carbocycles. The largest absolute Gasteiger partial charge is 0.469 e. The molecule has 2 heterocycles. The molecule has 12 nitrogen and oxygen atoms in total. The Kier molecular flexibility index (Phi) is 17.6. The van der Waals surface area contributed by atoms with E-state index in [9.17, 15) is 24.0 Å². The Hall–Kier alpha value is -2.96. The molecular formula is C39H66N4O8. The van der Waals surface area contributed by atoms with Gasteiger partial charge in [0.15, 0.2) is 5.78 Å². The third-order valence-corrected chi connectivity index (χ3v) is 11.4. The Morgan fingerprint density at radius 3 is 2.22 bits per heavy atom. The Balaban J connectivity index is 2.26. The van der Waals surface area contributed by atoms with E-state index in [2.05, 4.69) is 17.2 Å². The number of hydrogen-bond acceptors (Lipinski definition) is 10. The molecule has 2 rings (SSSR count). The van der Waals surface area contributed by atoms with Crippen LogP contribution in [0.5, 0.6) is 0 Å². The third kappa shape index (κ3) is 11.5. The second-order valence-electron chi connectivity index (χ2n) is 15.3. The number of nitrogens with one attached hydrogen (secondary N) is 1. The Morgan fingerprint density at radius 2 is 1.71 bits per heavy atom. The molecule has 2 aliphatic rings. The summed E-state index contributed by atoms with van der Waals surface area (Å²) in [5.74, 6) is -2.75. The summed E-state index contributed by atoms with van der Waals surface area (Å²) in [5, 5.41) is 3.05. The first kappa shape index (κ1) is 44.2. The highest BCUT2D eigenvalue weighted by Gasteiger charge is 2.43. The quantitative estimate of drug-likeness (QED) is 0.159. The van der Waals surface area contributed by atoms with Crippen LogP contribution in [0, 0.1) is 29.6 Å². The van der Waals surface area contributed by atoms with Gasteiger partial charge < -0.3 is 29.3 Å². The second kappa shape index (κ2) is 20.3. The Labute approximate surface area is 306 Å². The lowest BCUT2D eigenvalue weighted by atomic mass is 9.83. The van der Waals surface area contributed by atoms with Crippen molar-refractivity contribution in [2.45, 2.75) is 130 Å². The van der Waals surface area contributed by atoms with Crippen LogP contribution in [0.4, 0.5) is 0 Å². The van der Waals surface area contributed by atoms with Crippen molar-refractivity contribution >= 4 is 35.6 Å².